The molecule has 1 N–H and O–H groups in total. The number of rotatable bonds is 5. The number of hydrogen-bond acceptors (Lipinski definition) is 7. The highest BCUT2D eigenvalue weighted by molar-refractivity contribution is 5.95. The van der Waals surface area contributed by atoms with E-state index >= 15 is 0 Å². The fourth-order valence-corrected chi connectivity index (χ4v) is 5.00. The van der Waals surface area contributed by atoms with Gasteiger partial charge in [0.2, 0.25) is 5.95 Å². The largest absolute Gasteiger partial charge is 0.496 e. The summed E-state index contributed by atoms with van der Waals surface area (Å²) in [6, 6.07) is 15.1. The van der Waals surface area contributed by atoms with Crippen LogP contribution >= 0.6 is 0 Å². The van der Waals surface area contributed by atoms with Crippen LogP contribution in [0.5, 0.6) is 5.75 Å². The van der Waals surface area contributed by atoms with Crippen LogP contribution in [0.25, 0.3) is 22.0 Å². The zero-order valence-electron chi connectivity index (χ0n) is 20.6. The van der Waals surface area contributed by atoms with E-state index in [0.717, 1.165) is 98.1 Å². The summed E-state index contributed by atoms with van der Waals surface area (Å²) < 4.78 is 5.84. The zero-order chi connectivity index (χ0) is 23.5. The molecule has 0 unspecified atom stereocenters. The summed E-state index contributed by atoms with van der Waals surface area (Å²) in [4.78, 5) is 17.3. The van der Waals surface area contributed by atoms with Crippen molar-refractivity contribution in [2.75, 3.05) is 70.7 Å². The summed E-state index contributed by atoms with van der Waals surface area (Å²) in [6.45, 7) is 6.26. The molecule has 0 atom stereocenters. The first kappa shape index (κ1) is 22.9. The Morgan fingerprint density at radius 2 is 1.65 bits per heavy atom. The van der Waals surface area contributed by atoms with E-state index in [9.17, 15) is 0 Å². The van der Waals surface area contributed by atoms with Crippen LogP contribution in [0.3, 0.4) is 0 Å². The van der Waals surface area contributed by atoms with Crippen molar-refractivity contribution in [2.24, 2.45) is 0 Å². The maximum absolute atomic E-state index is 5.84. The third kappa shape index (κ3) is 4.95. The molecule has 180 valence electrons. The van der Waals surface area contributed by atoms with Crippen LogP contribution in [0.15, 0.2) is 42.5 Å². The number of nitrogens with zero attached hydrogens (tertiary/aromatic N) is 5. The monoisotopic (exact) mass is 460 g/mol. The lowest BCUT2D eigenvalue weighted by Crippen LogP contribution is -2.37. The van der Waals surface area contributed by atoms with Gasteiger partial charge in [0, 0.05) is 36.6 Å². The van der Waals surface area contributed by atoms with E-state index in [0.29, 0.717) is 6.04 Å². The van der Waals surface area contributed by atoms with E-state index in [2.05, 4.69) is 70.5 Å². The normalized spacial score (nSPS) is 18.7. The van der Waals surface area contributed by atoms with Crippen LogP contribution in [-0.2, 0) is 0 Å². The molecule has 2 aromatic carbocycles. The molecule has 0 amide bonds. The predicted octanol–water partition coefficient (Wildman–Crippen LogP) is 3.95. The molecule has 2 aliphatic heterocycles. The summed E-state index contributed by atoms with van der Waals surface area (Å²) in [5.74, 6) is 2.59. The molecule has 7 nitrogen and oxygen atoms in total. The minimum atomic E-state index is 0.414. The first-order chi connectivity index (χ1) is 16.6. The van der Waals surface area contributed by atoms with E-state index < -0.39 is 0 Å². The van der Waals surface area contributed by atoms with Crippen LogP contribution < -0.4 is 15.0 Å². The number of hydrogen-bond donors (Lipinski definition) is 1. The van der Waals surface area contributed by atoms with E-state index in [1.165, 1.54) is 0 Å². The van der Waals surface area contributed by atoms with Crippen LogP contribution in [-0.4, -0.2) is 86.3 Å². The summed E-state index contributed by atoms with van der Waals surface area (Å²) in [7, 11) is 6.12. The average molecular weight is 461 g/mol. The van der Waals surface area contributed by atoms with Crippen molar-refractivity contribution in [3.63, 3.8) is 0 Å². The van der Waals surface area contributed by atoms with Crippen molar-refractivity contribution in [2.45, 2.75) is 25.3 Å². The Bertz CT molecular complexity index is 1110. The number of anilines is 2. The van der Waals surface area contributed by atoms with Crippen molar-refractivity contribution in [3.05, 3.63) is 42.5 Å². The Labute approximate surface area is 202 Å². The molecular formula is C27H36N6O. The van der Waals surface area contributed by atoms with Gasteiger partial charge in [0.15, 0.2) is 0 Å². The van der Waals surface area contributed by atoms with Crippen LogP contribution in [0.4, 0.5) is 11.8 Å². The maximum Gasteiger partial charge on any atom is 0.227 e. The molecule has 0 bridgehead atoms. The van der Waals surface area contributed by atoms with E-state index in [1.807, 2.05) is 6.07 Å². The van der Waals surface area contributed by atoms with Crippen LogP contribution in [0, 0.1) is 0 Å². The van der Waals surface area contributed by atoms with Crippen LogP contribution in [0.1, 0.15) is 19.3 Å². The van der Waals surface area contributed by atoms with Crippen LogP contribution in [0.2, 0.25) is 0 Å². The number of nitrogens with one attached hydrogen (secondary N) is 1. The van der Waals surface area contributed by atoms with E-state index in [1.54, 1.807) is 7.11 Å². The Balaban J connectivity index is 1.59. The highest BCUT2D eigenvalue weighted by Gasteiger charge is 2.22. The van der Waals surface area contributed by atoms with Gasteiger partial charge in [-0.3, -0.25) is 0 Å². The standard InChI is InChI=1S/C27H36N6O/c1-31-12-7-13-33(17-16-31)27-29-24-18-22(20-8-5-4-6-9-20)25(34-3)19-23(24)26(30-27)28-21-10-14-32(2)15-11-21/h4-6,8-9,18-19,21H,7,10-17H2,1-3H3,(H,28,29,30). The molecule has 3 heterocycles. The van der Waals surface area contributed by atoms with Gasteiger partial charge in [-0.1, -0.05) is 30.3 Å². The third-order valence-electron chi connectivity index (χ3n) is 7.15. The second-order valence-electron chi connectivity index (χ2n) is 9.67. The SMILES string of the molecule is COc1cc2c(NC3CCN(C)CC3)nc(N3CCCN(C)CC3)nc2cc1-c1ccccc1. The van der Waals surface area contributed by atoms with Gasteiger partial charge < -0.3 is 24.8 Å². The van der Waals surface area contributed by atoms with Gasteiger partial charge in [-0.05, 0) is 70.7 Å². The Morgan fingerprint density at radius 1 is 0.882 bits per heavy atom. The molecule has 2 aliphatic rings. The number of likely N-dealkylation sites (N-methyl/N-ethyl adjacent to an activating group) is 1. The predicted molar refractivity (Wildman–Crippen MR) is 140 cm³/mol. The molecule has 0 saturated carbocycles. The van der Waals surface area contributed by atoms with Gasteiger partial charge in [0.25, 0.3) is 0 Å². The van der Waals surface area contributed by atoms with E-state index in [-0.39, 0.29) is 0 Å². The molecule has 5 rings (SSSR count). The lowest BCUT2D eigenvalue weighted by Gasteiger charge is -2.30. The number of methoxy groups -OCH3 is 1. The highest BCUT2D eigenvalue weighted by Crippen LogP contribution is 2.37. The molecule has 34 heavy (non-hydrogen) atoms. The van der Waals surface area contributed by atoms with Gasteiger partial charge in [-0.15, -0.1) is 0 Å². The number of likely N-dealkylation sites (tertiary alicyclic amines) is 1. The summed E-state index contributed by atoms with van der Waals surface area (Å²) in [5.41, 5.74) is 3.14. The van der Waals surface area contributed by atoms with Crippen molar-refractivity contribution >= 4 is 22.7 Å². The first-order valence-electron chi connectivity index (χ1n) is 12.4. The topological polar surface area (TPSA) is 56.8 Å². The molecule has 7 heteroatoms. The summed E-state index contributed by atoms with van der Waals surface area (Å²) in [5, 5.41) is 4.81. The molecule has 1 aromatic heterocycles. The Hall–Kier alpha value is -2.90. The molecule has 3 aromatic rings. The van der Waals surface area contributed by atoms with E-state index in [4.69, 9.17) is 14.7 Å². The number of benzene rings is 2. The molecule has 2 fully saturated rings. The van der Waals surface area contributed by atoms with Crippen molar-refractivity contribution in [3.8, 4) is 16.9 Å². The highest BCUT2D eigenvalue weighted by atomic mass is 16.5. The second-order valence-corrected chi connectivity index (χ2v) is 9.67. The van der Waals surface area contributed by atoms with Crippen molar-refractivity contribution < 1.29 is 4.74 Å². The van der Waals surface area contributed by atoms with Crippen molar-refractivity contribution in [1.82, 2.24) is 19.8 Å². The molecule has 0 spiro atoms. The summed E-state index contributed by atoms with van der Waals surface area (Å²) >= 11 is 0. The van der Waals surface area contributed by atoms with Crippen molar-refractivity contribution in [1.29, 1.82) is 0 Å². The van der Waals surface area contributed by atoms with Gasteiger partial charge in [0.05, 0.1) is 12.6 Å². The molecular weight excluding hydrogens is 424 g/mol. The minimum Gasteiger partial charge on any atom is -0.496 e. The lowest BCUT2D eigenvalue weighted by atomic mass is 10.0. The van der Waals surface area contributed by atoms with Gasteiger partial charge in [-0.25, -0.2) is 4.98 Å². The second kappa shape index (κ2) is 10.2. The molecule has 2 saturated heterocycles. The number of aromatic nitrogens is 2. The fraction of sp³-hybridized carbons (Fsp3) is 0.481. The number of piperidine rings is 1. The minimum absolute atomic E-state index is 0.414. The van der Waals surface area contributed by atoms with Gasteiger partial charge in [0.1, 0.15) is 11.6 Å². The average Bonchev–Trinajstić information content (AvgIpc) is 3.09. The maximum atomic E-state index is 5.84. The fourth-order valence-electron chi connectivity index (χ4n) is 5.00. The Morgan fingerprint density at radius 3 is 2.41 bits per heavy atom. The lowest BCUT2D eigenvalue weighted by molar-refractivity contribution is 0.264. The smallest absolute Gasteiger partial charge is 0.227 e. The molecule has 0 radical (unpaired) electrons. The third-order valence-corrected chi connectivity index (χ3v) is 7.15. The Kier molecular flexibility index (Phi) is 6.83. The zero-order valence-corrected chi connectivity index (χ0v) is 20.6. The first-order valence-corrected chi connectivity index (χ1v) is 12.4. The number of ether oxygens (including phenoxy) is 1. The quantitative estimate of drug-likeness (QED) is 0.619. The number of fused-ring (bicyclic) bond motifs is 1. The van der Waals surface area contributed by atoms with Gasteiger partial charge >= 0.3 is 0 Å². The molecule has 0 aliphatic carbocycles. The summed E-state index contributed by atoms with van der Waals surface area (Å²) in [6.07, 6.45) is 3.35. The van der Waals surface area contributed by atoms with Gasteiger partial charge in [-0.2, -0.15) is 4.98 Å².